The van der Waals surface area contributed by atoms with E-state index in [-0.39, 0.29) is 44.1 Å². The van der Waals surface area contributed by atoms with Gasteiger partial charge in [0.25, 0.3) is 11.4 Å². The summed E-state index contributed by atoms with van der Waals surface area (Å²) in [7, 11) is -3.73. The first-order valence-corrected chi connectivity index (χ1v) is 10.8. The maximum atomic E-state index is 13.1. The lowest BCUT2D eigenvalue weighted by atomic mass is 10.1. The molecule has 0 atom stereocenters. The zero-order valence-electron chi connectivity index (χ0n) is 16.4. The smallest absolute Gasteiger partial charge is 0.358 e. The number of nitrogens with zero attached hydrogens (tertiary/aromatic N) is 4. The number of halogens is 3. The molecule has 1 aliphatic rings. The van der Waals surface area contributed by atoms with Crippen LogP contribution in [0.2, 0.25) is 0 Å². The standard InChI is InChI=1S/C18H17F3N4O6S/c19-18(20,21)14-10-15(24(26)27)17(16(11-14)25(28)29)22-6-8-23(9-7-22)32(30,31)12-13-4-2-1-3-5-13/h1-5,10-11H,6-9,12H2. The molecule has 0 unspecified atom stereocenters. The minimum absolute atomic E-state index is 0.134. The fraction of sp³-hybridized carbons (Fsp3) is 0.333. The van der Waals surface area contributed by atoms with E-state index in [0.717, 1.165) is 4.31 Å². The number of hydrogen-bond donors (Lipinski definition) is 0. The van der Waals surface area contributed by atoms with Crippen LogP contribution in [0.25, 0.3) is 0 Å². The first-order chi connectivity index (χ1) is 14.9. The summed E-state index contributed by atoms with van der Waals surface area (Å²) < 4.78 is 65.7. The molecule has 0 aromatic heterocycles. The highest BCUT2D eigenvalue weighted by atomic mass is 32.2. The molecule has 0 bridgehead atoms. The summed E-state index contributed by atoms with van der Waals surface area (Å²) in [5.74, 6) is -0.269. The van der Waals surface area contributed by atoms with E-state index in [1.54, 1.807) is 30.3 Å². The Labute approximate surface area is 180 Å². The van der Waals surface area contributed by atoms with E-state index >= 15 is 0 Å². The number of benzene rings is 2. The van der Waals surface area contributed by atoms with Crippen molar-refractivity contribution >= 4 is 27.1 Å². The quantitative estimate of drug-likeness (QED) is 0.465. The molecule has 2 aromatic rings. The number of nitro groups is 2. The minimum atomic E-state index is -5.02. The van der Waals surface area contributed by atoms with Crippen LogP contribution in [-0.2, 0) is 22.0 Å². The van der Waals surface area contributed by atoms with Crippen molar-refractivity contribution in [3.63, 3.8) is 0 Å². The molecular formula is C18H17F3N4O6S. The third-order valence-corrected chi connectivity index (χ3v) is 6.78. The summed E-state index contributed by atoms with van der Waals surface area (Å²) in [6.45, 7) is -0.600. The molecule has 0 spiro atoms. The topological polar surface area (TPSA) is 127 Å². The third-order valence-electron chi connectivity index (χ3n) is 4.93. The van der Waals surface area contributed by atoms with Gasteiger partial charge in [0.15, 0.2) is 5.69 Å². The van der Waals surface area contributed by atoms with Gasteiger partial charge in [-0.05, 0) is 5.56 Å². The van der Waals surface area contributed by atoms with Gasteiger partial charge in [0.05, 0.1) is 21.2 Å². The van der Waals surface area contributed by atoms with Crippen LogP contribution >= 0.6 is 0 Å². The number of rotatable bonds is 6. The summed E-state index contributed by atoms with van der Waals surface area (Å²) >= 11 is 0. The van der Waals surface area contributed by atoms with Crippen LogP contribution in [0.15, 0.2) is 42.5 Å². The van der Waals surface area contributed by atoms with Gasteiger partial charge in [-0.25, -0.2) is 8.42 Å². The molecule has 3 rings (SSSR count). The number of hydrogen-bond acceptors (Lipinski definition) is 7. The van der Waals surface area contributed by atoms with E-state index in [1.165, 1.54) is 4.90 Å². The Morgan fingerprint density at radius 2 is 1.41 bits per heavy atom. The average Bonchev–Trinajstić information content (AvgIpc) is 2.72. The lowest BCUT2D eigenvalue weighted by molar-refractivity contribution is -0.393. The fourth-order valence-electron chi connectivity index (χ4n) is 3.44. The number of piperazine rings is 1. The lowest BCUT2D eigenvalue weighted by Crippen LogP contribution is -2.49. The van der Waals surface area contributed by atoms with Gasteiger partial charge in [-0.1, -0.05) is 30.3 Å². The van der Waals surface area contributed by atoms with Crippen LogP contribution in [0, 0.1) is 20.2 Å². The molecule has 10 nitrogen and oxygen atoms in total. The van der Waals surface area contributed by atoms with Crippen molar-refractivity contribution in [2.75, 3.05) is 31.1 Å². The van der Waals surface area contributed by atoms with E-state index < -0.39 is 48.7 Å². The van der Waals surface area contributed by atoms with Gasteiger partial charge in [0.1, 0.15) is 0 Å². The SMILES string of the molecule is O=[N+]([O-])c1cc(C(F)(F)F)cc([N+](=O)[O-])c1N1CCN(S(=O)(=O)Cc2ccccc2)CC1. The molecule has 172 valence electrons. The van der Waals surface area contributed by atoms with Crippen molar-refractivity contribution in [1.29, 1.82) is 0 Å². The van der Waals surface area contributed by atoms with Crippen molar-refractivity contribution in [1.82, 2.24) is 4.31 Å². The normalized spacial score (nSPS) is 15.5. The molecular weight excluding hydrogens is 457 g/mol. The van der Waals surface area contributed by atoms with Gasteiger partial charge in [-0.15, -0.1) is 0 Å². The summed E-state index contributed by atoms with van der Waals surface area (Å²) in [5.41, 5.74) is -3.65. The van der Waals surface area contributed by atoms with E-state index in [1.807, 2.05) is 0 Å². The summed E-state index contributed by atoms with van der Waals surface area (Å²) in [4.78, 5) is 21.8. The van der Waals surface area contributed by atoms with Gasteiger partial charge in [-0.3, -0.25) is 20.2 Å². The van der Waals surface area contributed by atoms with Crippen LogP contribution in [0.4, 0.5) is 30.2 Å². The maximum Gasteiger partial charge on any atom is 0.416 e. The van der Waals surface area contributed by atoms with Crippen LogP contribution in [0.1, 0.15) is 11.1 Å². The van der Waals surface area contributed by atoms with Crippen LogP contribution < -0.4 is 4.90 Å². The summed E-state index contributed by atoms with van der Waals surface area (Å²) in [6.07, 6.45) is -5.02. The maximum absolute atomic E-state index is 13.1. The van der Waals surface area contributed by atoms with Crippen molar-refractivity contribution in [2.45, 2.75) is 11.9 Å². The third kappa shape index (κ3) is 4.96. The van der Waals surface area contributed by atoms with Crippen LogP contribution in [-0.4, -0.2) is 48.7 Å². The molecule has 1 saturated heterocycles. The van der Waals surface area contributed by atoms with Crippen molar-refractivity contribution in [3.05, 3.63) is 73.8 Å². The van der Waals surface area contributed by atoms with E-state index in [9.17, 15) is 41.8 Å². The Morgan fingerprint density at radius 1 is 0.906 bits per heavy atom. The number of nitro benzene ring substituents is 2. The van der Waals surface area contributed by atoms with Gasteiger partial charge in [0, 0.05) is 38.3 Å². The molecule has 14 heteroatoms. The van der Waals surface area contributed by atoms with E-state index in [0.29, 0.717) is 5.56 Å². The molecule has 1 fully saturated rings. The molecule has 0 amide bonds. The molecule has 1 heterocycles. The largest absolute Gasteiger partial charge is 0.416 e. The Hall–Kier alpha value is -3.26. The number of sulfonamides is 1. The highest BCUT2D eigenvalue weighted by Crippen LogP contribution is 2.43. The highest BCUT2D eigenvalue weighted by Gasteiger charge is 2.40. The Morgan fingerprint density at radius 3 is 1.84 bits per heavy atom. The Balaban J connectivity index is 1.89. The number of alkyl halides is 3. The second-order valence-corrected chi connectivity index (χ2v) is 8.97. The van der Waals surface area contributed by atoms with Gasteiger partial charge in [0.2, 0.25) is 10.0 Å². The molecule has 0 radical (unpaired) electrons. The predicted molar refractivity (Wildman–Crippen MR) is 108 cm³/mol. The number of anilines is 1. The molecule has 0 saturated carbocycles. The summed E-state index contributed by atoms with van der Waals surface area (Å²) in [6, 6.07) is 8.89. The second kappa shape index (κ2) is 8.70. The van der Waals surface area contributed by atoms with Crippen LogP contribution in [0.3, 0.4) is 0 Å². The lowest BCUT2D eigenvalue weighted by Gasteiger charge is -2.34. The van der Waals surface area contributed by atoms with Gasteiger partial charge in [-0.2, -0.15) is 17.5 Å². The zero-order valence-corrected chi connectivity index (χ0v) is 17.2. The van der Waals surface area contributed by atoms with Crippen molar-refractivity contribution < 1.29 is 31.4 Å². The van der Waals surface area contributed by atoms with Crippen LogP contribution in [0.5, 0.6) is 0 Å². The Kier molecular flexibility index (Phi) is 6.37. The average molecular weight is 474 g/mol. The predicted octanol–water partition coefficient (Wildman–Crippen LogP) is 3.17. The van der Waals surface area contributed by atoms with E-state index in [4.69, 9.17) is 0 Å². The molecule has 1 aliphatic heterocycles. The van der Waals surface area contributed by atoms with Crippen molar-refractivity contribution in [3.8, 4) is 0 Å². The first-order valence-electron chi connectivity index (χ1n) is 9.21. The van der Waals surface area contributed by atoms with Gasteiger partial charge < -0.3 is 4.90 Å². The molecule has 2 aromatic carbocycles. The van der Waals surface area contributed by atoms with Crippen molar-refractivity contribution in [2.24, 2.45) is 0 Å². The second-order valence-electron chi connectivity index (χ2n) is 7.00. The monoisotopic (exact) mass is 474 g/mol. The summed E-state index contributed by atoms with van der Waals surface area (Å²) in [5, 5.41) is 22.9. The zero-order chi connectivity index (χ0) is 23.7. The minimum Gasteiger partial charge on any atom is -0.358 e. The van der Waals surface area contributed by atoms with E-state index in [2.05, 4.69) is 0 Å². The molecule has 32 heavy (non-hydrogen) atoms. The Bertz CT molecular complexity index is 1100. The molecule has 0 N–H and O–H groups in total. The first kappa shape index (κ1) is 23.4. The van der Waals surface area contributed by atoms with Gasteiger partial charge >= 0.3 is 6.18 Å². The fourth-order valence-corrected chi connectivity index (χ4v) is 4.95. The molecule has 0 aliphatic carbocycles. The highest BCUT2D eigenvalue weighted by molar-refractivity contribution is 7.88.